The summed E-state index contributed by atoms with van der Waals surface area (Å²) in [6, 6.07) is 11.3. The number of nitro benzene ring substituents is 1. The van der Waals surface area contributed by atoms with Crippen molar-refractivity contribution in [3.05, 3.63) is 52.1 Å². The number of non-ortho nitro benzene ring substituents is 1. The van der Waals surface area contributed by atoms with Crippen molar-refractivity contribution in [1.82, 2.24) is 4.57 Å². The lowest BCUT2D eigenvalue weighted by Gasteiger charge is -2.02. The summed E-state index contributed by atoms with van der Waals surface area (Å²) in [5.74, 6) is 0. The molecule has 96 valence electrons. The molecule has 19 heavy (non-hydrogen) atoms. The van der Waals surface area contributed by atoms with Crippen LogP contribution in [-0.2, 0) is 6.54 Å². The quantitative estimate of drug-likeness (QED) is 0.512. The first-order valence-electron chi connectivity index (χ1n) is 6.29. The summed E-state index contributed by atoms with van der Waals surface area (Å²) in [7, 11) is 0. The number of nitrogens with zero attached hydrogens (tertiary/aromatic N) is 2. The van der Waals surface area contributed by atoms with Gasteiger partial charge >= 0.3 is 0 Å². The largest absolute Gasteiger partial charge is 0.341 e. The molecule has 4 nitrogen and oxygen atoms in total. The molecule has 0 atom stereocenters. The zero-order valence-electron chi connectivity index (χ0n) is 10.9. The number of hydrogen-bond donors (Lipinski definition) is 0. The van der Waals surface area contributed by atoms with Gasteiger partial charge in [-0.2, -0.15) is 0 Å². The molecule has 4 heteroatoms. The van der Waals surface area contributed by atoms with E-state index in [1.165, 1.54) is 0 Å². The monoisotopic (exact) mass is 254 g/mol. The first-order chi connectivity index (χ1) is 9.11. The predicted octanol–water partition coefficient (Wildman–Crippen LogP) is 4.03. The Morgan fingerprint density at radius 1 is 1.11 bits per heavy atom. The molecule has 0 bridgehead atoms. The van der Waals surface area contributed by atoms with Crippen molar-refractivity contribution in [2.75, 3.05) is 0 Å². The number of aryl methyl sites for hydroxylation is 2. The minimum Gasteiger partial charge on any atom is -0.341 e. The Balaban J connectivity index is 2.49. The molecule has 0 N–H and O–H groups in total. The molecule has 0 amide bonds. The van der Waals surface area contributed by atoms with Crippen LogP contribution in [0, 0.1) is 17.0 Å². The average molecular weight is 254 g/mol. The van der Waals surface area contributed by atoms with Crippen LogP contribution in [0.3, 0.4) is 0 Å². The van der Waals surface area contributed by atoms with Gasteiger partial charge in [-0.05, 0) is 32.0 Å². The maximum absolute atomic E-state index is 10.9. The molecular formula is C15H14N2O2. The molecule has 0 saturated carbocycles. The topological polar surface area (TPSA) is 48.1 Å². The molecular weight excluding hydrogens is 240 g/mol. The van der Waals surface area contributed by atoms with Gasteiger partial charge < -0.3 is 4.57 Å². The van der Waals surface area contributed by atoms with E-state index in [1.807, 2.05) is 13.0 Å². The minimum atomic E-state index is -0.343. The van der Waals surface area contributed by atoms with E-state index in [4.69, 9.17) is 0 Å². The van der Waals surface area contributed by atoms with Crippen LogP contribution in [0.2, 0.25) is 0 Å². The van der Waals surface area contributed by atoms with Gasteiger partial charge in [-0.3, -0.25) is 10.1 Å². The highest BCUT2D eigenvalue weighted by Gasteiger charge is 2.13. The van der Waals surface area contributed by atoms with Gasteiger partial charge in [0.15, 0.2) is 0 Å². The molecule has 0 spiro atoms. The molecule has 0 aliphatic rings. The zero-order chi connectivity index (χ0) is 13.6. The summed E-state index contributed by atoms with van der Waals surface area (Å²) < 4.78 is 2.19. The second kappa shape index (κ2) is 4.09. The van der Waals surface area contributed by atoms with Crippen molar-refractivity contribution in [1.29, 1.82) is 0 Å². The molecule has 1 aromatic heterocycles. The fourth-order valence-electron chi connectivity index (χ4n) is 2.66. The van der Waals surface area contributed by atoms with E-state index < -0.39 is 0 Å². The molecule has 3 rings (SSSR count). The SMILES string of the molecule is CCn1c2ccc(C)cc2c2cc([N+](=O)[O-])ccc21. The van der Waals surface area contributed by atoms with Crippen molar-refractivity contribution >= 4 is 27.5 Å². The highest BCUT2D eigenvalue weighted by Crippen LogP contribution is 2.32. The van der Waals surface area contributed by atoms with Crippen LogP contribution in [-0.4, -0.2) is 9.49 Å². The molecule has 3 aromatic rings. The molecule has 0 fully saturated rings. The van der Waals surface area contributed by atoms with Crippen LogP contribution in [0.5, 0.6) is 0 Å². The minimum absolute atomic E-state index is 0.143. The number of hydrogen-bond acceptors (Lipinski definition) is 2. The maximum atomic E-state index is 10.9. The van der Waals surface area contributed by atoms with E-state index >= 15 is 0 Å². The molecule has 0 aliphatic heterocycles. The second-order valence-corrected chi connectivity index (χ2v) is 4.72. The molecule has 0 unspecified atom stereocenters. The van der Waals surface area contributed by atoms with Crippen molar-refractivity contribution in [3.63, 3.8) is 0 Å². The van der Waals surface area contributed by atoms with E-state index in [1.54, 1.807) is 12.1 Å². The first kappa shape index (κ1) is 11.7. The summed E-state index contributed by atoms with van der Waals surface area (Å²) in [4.78, 5) is 10.6. The van der Waals surface area contributed by atoms with Crippen molar-refractivity contribution in [2.45, 2.75) is 20.4 Å². The summed E-state index contributed by atoms with van der Waals surface area (Å²) in [6.07, 6.45) is 0. The fraction of sp³-hybridized carbons (Fsp3) is 0.200. The predicted molar refractivity (Wildman–Crippen MR) is 76.5 cm³/mol. The Labute approximate surface area is 110 Å². The Hall–Kier alpha value is -2.36. The lowest BCUT2D eigenvalue weighted by atomic mass is 10.1. The van der Waals surface area contributed by atoms with Gasteiger partial charge in [0.1, 0.15) is 0 Å². The highest BCUT2D eigenvalue weighted by atomic mass is 16.6. The maximum Gasteiger partial charge on any atom is 0.270 e. The van der Waals surface area contributed by atoms with Crippen molar-refractivity contribution in [2.24, 2.45) is 0 Å². The zero-order valence-corrected chi connectivity index (χ0v) is 10.9. The number of nitro groups is 1. The van der Waals surface area contributed by atoms with Gasteiger partial charge in [-0.25, -0.2) is 0 Å². The number of benzene rings is 2. The van der Waals surface area contributed by atoms with E-state index in [9.17, 15) is 10.1 Å². The summed E-state index contributed by atoms with van der Waals surface area (Å²) in [6.45, 7) is 4.97. The standard InChI is InChI=1S/C15H14N2O2/c1-3-16-14-6-4-10(2)8-12(14)13-9-11(17(18)19)5-7-15(13)16/h4-9H,3H2,1-2H3. The smallest absolute Gasteiger partial charge is 0.270 e. The molecule has 0 radical (unpaired) electrons. The van der Waals surface area contributed by atoms with Crippen LogP contribution in [0.4, 0.5) is 5.69 Å². The Morgan fingerprint density at radius 2 is 1.74 bits per heavy atom. The van der Waals surface area contributed by atoms with E-state index in [2.05, 4.69) is 29.7 Å². The molecule has 1 heterocycles. The third kappa shape index (κ3) is 1.68. The number of aromatic nitrogens is 1. The summed E-state index contributed by atoms with van der Waals surface area (Å²) in [5.41, 5.74) is 3.48. The van der Waals surface area contributed by atoms with Gasteiger partial charge in [-0.1, -0.05) is 11.6 Å². The van der Waals surface area contributed by atoms with Gasteiger partial charge in [0.25, 0.3) is 5.69 Å². The van der Waals surface area contributed by atoms with Gasteiger partial charge in [-0.15, -0.1) is 0 Å². The normalized spacial score (nSPS) is 11.3. The molecule has 0 saturated heterocycles. The third-order valence-corrected chi connectivity index (χ3v) is 3.53. The fourth-order valence-corrected chi connectivity index (χ4v) is 2.66. The second-order valence-electron chi connectivity index (χ2n) is 4.72. The van der Waals surface area contributed by atoms with Crippen LogP contribution in [0.25, 0.3) is 21.8 Å². The van der Waals surface area contributed by atoms with Crippen molar-refractivity contribution in [3.8, 4) is 0 Å². The molecule has 2 aromatic carbocycles. The van der Waals surface area contributed by atoms with E-state index in [0.717, 1.165) is 33.9 Å². The van der Waals surface area contributed by atoms with Gasteiger partial charge in [0.05, 0.1) is 4.92 Å². The lowest BCUT2D eigenvalue weighted by molar-refractivity contribution is -0.384. The van der Waals surface area contributed by atoms with Crippen LogP contribution < -0.4 is 0 Å². The lowest BCUT2D eigenvalue weighted by Crippen LogP contribution is -1.93. The van der Waals surface area contributed by atoms with E-state index in [-0.39, 0.29) is 10.6 Å². The number of rotatable bonds is 2. The average Bonchev–Trinajstić information content (AvgIpc) is 2.71. The van der Waals surface area contributed by atoms with Gasteiger partial charge in [0.2, 0.25) is 0 Å². The Kier molecular flexibility index (Phi) is 2.52. The van der Waals surface area contributed by atoms with Crippen LogP contribution >= 0.6 is 0 Å². The molecule has 0 aliphatic carbocycles. The summed E-state index contributed by atoms with van der Waals surface area (Å²) >= 11 is 0. The van der Waals surface area contributed by atoms with E-state index in [0.29, 0.717) is 0 Å². The Bertz CT molecular complexity index is 803. The first-order valence-corrected chi connectivity index (χ1v) is 6.29. The van der Waals surface area contributed by atoms with Crippen LogP contribution in [0.1, 0.15) is 12.5 Å². The van der Waals surface area contributed by atoms with Gasteiger partial charge in [0, 0.05) is 40.5 Å². The van der Waals surface area contributed by atoms with Crippen LogP contribution in [0.15, 0.2) is 36.4 Å². The summed E-state index contributed by atoms with van der Waals surface area (Å²) in [5, 5.41) is 13.0. The third-order valence-electron chi connectivity index (χ3n) is 3.53. The number of fused-ring (bicyclic) bond motifs is 3. The highest BCUT2D eigenvalue weighted by molar-refractivity contribution is 6.09. The van der Waals surface area contributed by atoms with Crippen molar-refractivity contribution < 1.29 is 4.92 Å². The Morgan fingerprint density at radius 3 is 2.37 bits per heavy atom.